The third-order valence-electron chi connectivity index (χ3n) is 1.83. The Morgan fingerprint density at radius 2 is 1.94 bits per heavy atom. The SMILES string of the molecule is CN(C)C(=S)Oc1c(S(=O)(=O)F)ccc(Cl)c1Cl. The Kier molecular flexibility index (Phi) is 4.77. The molecule has 0 atom stereocenters. The summed E-state index contributed by atoms with van der Waals surface area (Å²) in [6.07, 6.45) is 0. The van der Waals surface area contributed by atoms with E-state index in [9.17, 15) is 12.3 Å². The van der Waals surface area contributed by atoms with Crippen molar-refractivity contribution in [3.05, 3.63) is 22.2 Å². The Hall–Kier alpha value is -0.630. The van der Waals surface area contributed by atoms with Gasteiger partial charge in [-0.05, 0) is 24.4 Å². The molecule has 0 fully saturated rings. The van der Waals surface area contributed by atoms with E-state index in [0.29, 0.717) is 0 Å². The van der Waals surface area contributed by atoms with Crippen molar-refractivity contribution in [1.29, 1.82) is 0 Å². The van der Waals surface area contributed by atoms with Crippen LogP contribution < -0.4 is 4.74 Å². The van der Waals surface area contributed by atoms with Crippen molar-refractivity contribution < 1.29 is 17.0 Å². The summed E-state index contributed by atoms with van der Waals surface area (Å²) < 4.78 is 40.1. The first kappa shape index (κ1) is 15.4. The van der Waals surface area contributed by atoms with Gasteiger partial charge in [-0.25, -0.2) is 0 Å². The highest BCUT2D eigenvalue weighted by atomic mass is 35.5. The molecular weight excluding hydrogens is 324 g/mol. The Morgan fingerprint density at radius 1 is 1.39 bits per heavy atom. The summed E-state index contributed by atoms with van der Waals surface area (Å²) in [5, 5.41) is -0.274. The molecule has 0 saturated heterocycles. The van der Waals surface area contributed by atoms with Gasteiger partial charge in [0.2, 0.25) is 0 Å². The lowest BCUT2D eigenvalue weighted by Gasteiger charge is -2.16. The van der Waals surface area contributed by atoms with Crippen LogP contribution in [0, 0.1) is 0 Å². The second-order valence-electron chi connectivity index (χ2n) is 3.39. The molecule has 1 aromatic carbocycles. The van der Waals surface area contributed by atoms with Crippen LogP contribution in [-0.2, 0) is 10.2 Å². The second kappa shape index (κ2) is 5.56. The predicted octanol–water partition coefficient (Wildman–Crippen LogP) is 2.88. The first-order valence-electron chi connectivity index (χ1n) is 4.46. The van der Waals surface area contributed by atoms with Crippen LogP contribution in [0.1, 0.15) is 0 Å². The molecule has 0 spiro atoms. The second-order valence-corrected chi connectivity index (χ2v) is 5.84. The van der Waals surface area contributed by atoms with Crippen LogP contribution in [-0.4, -0.2) is 32.6 Å². The number of hydrogen-bond donors (Lipinski definition) is 0. The minimum absolute atomic E-state index is 0.0284. The number of ether oxygens (including phenoxy) is 1. The molecule has 0 aliphatic heterocycles. The molecule has 0 saturated carbocycles. The Balaban J connectivity index is 3.40. The van der Waals surface area contributed by atoms with E-state index in [4.69, 9.17) is 40.2 Å². The number of thiocarbonyl (C=S) groups is 1. The van der Waals surface area contributed by atoms with Crippen molar-refractivity contribution in [2.45, 2.75) is 4.90 Å². The minimum atomic E-state index is -4.99. The largest absolute Gasteiger partial charge is 0.429 e. The summed E-state index contributed by atoms with van der Waals surface area (Å²) in [6, 6.07) is 2.11. The van der Waals surface area contributed by atoms with Gasteiger partial charge in [0.25, 0.3) is 5.17 Å². The van der Waals surface area contributed by atoms with Gasteiger partial charge < -0.3 is 9.64 Å². The highest BCUT2D eigenvalue weighted by Gasteiger charge is 2.24. The number of nitrogens with zero attached hydrogens (tertiary/aromatic N) is 1. The molecule has 0 aliphatic rings. The van der Waals surface area contributed by atoms with E-state index >= 15 is 0 Å². The van der Waals surface area contributed by atoms with Crippen LogP contribution in [0.15, 0.2) is 17.0 Å². The maximum absolute atomic E-state index is 13.1. The molecule has 0 heterocycles. The summed E-state index contributed by atoms with van der Waals surface area (Å²) in [6.45, 7) is 0. The standard InChI is InChI=1S/C9H8Cl2FNO3S2/c1-13(2)9(17)16-8-6(18(12,14)15)4-3-5(10)7(8)11/h3-4H,1-2H3. The normalized spacial score (nSPS) is 11.2. The topological polar surface area (TPSA) is 46.6 Å². The fraction of sp³-hybridized carbons (Fsp3) is 0.222. The molecular formula is C9H8Cl2FNO3S2. The smallest absolute Gasteiger partial charge is 0.335 e. The maximum Gasteiger partial charge on any atom is 0.335 e. The third kappa shape index (κ3) is 3.44. The molecule has 0 aliphatic carbocycles. The lowest BCUT2D eigenvalue weighted by atomic mass is 10.3. The van der Waals surface area contributed by atoms with E-state index in [0.717, 1.165) is 12.1 Å². The van der Waals surface area contributed by atoms with E-state index in [1.54, 1.807) is 14.1 Å². The highest BCUT2D eigenvalue weighted by Crippen LogP contribution is 2.38. The van der Waals surface area contributed by atoms with Crippen molar-refractivity contribution in [3.8, 4) is 5.75 Å². The molecule has 9 heteroatoms. The van der Waals surface area contributed by atoms with E-state index in [-0.39, 0.29) is 15.2 Å². The molecule has 0 unspecified atom stereocenters. The molecule has 18 heavy (non-hydrogen) atoms. The molecule has 0 radical (unpaired) electrons. The molecule has 0 bridgehead atoms. The van der Waals surface area contributed by atoms with Crippen LogP contribution in [0.2, 0.25) is 10.0 Å². The monoisotopic (exact) mass is 331 g/mol. The van der Waals surface area contributed by atoms with Gasteiger partial charge in [-0.15, -0.1) is 3.89 Å². The van der Waals surface area contributed by atoms with Crippen molar-refractivity contribution in [1.82, 2.24) is 4.90 Å². The number of hydrogen-bond acceptors (Lipinski definition) is 4. The van der Waals surface area contributed by atoms with Gasteiger partial charge >= 0.3 is 10.2 Å². The lowest BCUT2D eigenvalue weighted by molar-refractivity contribution is 0.439. The molecule has 0 N–H and O–H groups in total. The van der Waals surface area contributed by atoms with Crippen molar-refractivity contribution in [2.24, 2.45) is 0 Å². The van der Waals surface area contributed by atoms with E-state index in [1.165, 1.54) is 4.90 Å². The predicted molar refractivity (Wildman–Crippen MR) is 71.7 cm³/mol. The van der Waals surface area contributed by atoms with Crippen LogP contribution in [0.5, 0.6) is 5.75 Å². The summed E-state index contributed by atoms with van der Waals surface area (Å²) in [5.41, 5.74) is 0. The first-order valence-corrected chi connectivity index (χ1v) is 7.01. The van der Waals surface area contributed by atoms with Gasteiger partial charge in [-0.3, -0.25) is 0 Å². The van der Waals surface area contributed by atoms with Gasteiger partial charge in [0.05, 0.1) is 5.02 Å². The minimum Gasteiger partial charge on any atom is -0.429 e. The third-order valence-corrected chi connectivity index (χ3v) is 3.91. The van der Waals surface area contributed by atoms with Crippen molar-refractivity contribution in [2.75, 3.05) is 14.1 Å². The van der Waals surface area contributed by atoms with Gasteiger partial charge in [-0.1, -0.05) is 23.2 Å². The fourth-order valence-electron chi connectivity index (χ4n) is 0.980. The summed E-state index contributed by atoms with van der Waals surface area (Å²) >= 11 is 16.3. The number of benzene rings is 1. The summed E-state index contributed by atoms with van der Waals surface area (Å²) in [5.74, 6) is -0.426. The van der Waals surface area contributed by atoms with Crippen LogP contribution in [0.3, 0.4) is 0 Å². The van der Waals surface area contributed by atoms with Crippen molar-refractivity contribution >= 4 is 50.8 Å². The van der Waals surface area contributed by atoms with Crippen LogP contribution in [0.4, 0.5) is 3.89 Å². The number of rotatable bonds is 2. The zero-order chi connectivity index (χ0) is 14.1. The summed E-state index contributed by atoms with van der Waals surface area (Å²) in [4.78, 5) is 0.669. The van der Waals surface area contributed by atoms with Crippen molar-refractivity contribution in [3.63, 3.8) is 0 Å². The van der Waals surface area contributed by atoms with Gasteiger partial charge in [-0.2, -0.15) is 8.42 Å². The Bertz CT molecular complexity index is 590. The first-order chi connectivity index (χ1) is 8.14. The van der Waals surface area contributed by atoms with Crippen LogP contribution in [0.25, 0.3) is 0 Å². The zero-order valence-corrected chi connectivity index (χ0v) is 12.4. The van der Waals surface area contributed by atoms with E-state index < -0.39 is 20.9 Å². The molecule has 0 aromatic heterocycles. The van der Waals surface area contributed by atoms with Gasteiger partial charge in [0, 0.05) is 14.1 Å². The molecule has 0 amide bonds. The average molecular weight is 332 g/mol. The fourth-order valence-corrected chi connectivity index (χ4v) is 2.07. The quantitative estimate of drug-likeness (QED) is 0.616. The lowest BCUT2D eigenvalue weighted by Crippen LogP contribution is -2.25. The van der Waals surface area contributed by atoms with Crippen LogP contribution >= 0.6 is 35.4 Å². The number of halogens is 3. The average Bonchev–Trinajstić information content (AvgIpc) is 2.22. The summed E-state index contributed by atoms with van der Waals surface area (Å²) in [7, 11) is -1.84. The Labute approximate surface area is 119 Å². The maximum atomic E-state index is 13.1. The zero-order valence-electron chi connectivity index (χ0n) is 9.28. The Morgan fingerprint density at radius 3 is 2.39 bits per heavy atom. The van der Waals surface area contributed by atoms with E-state index in [2.05, 4.69) is 0 Å². The molecule has 4 nitrogen and oxygen atoms in total. The van der Waals surface area contributed by atoms with Gasteiger partial charge in [0.1, 0.15) is 9.92 Å². The van der Waals surface area contributed by atoms with Gasteiger partial charge in [0.15, 0.2) is 5.75 Å². The molecule has 1 aromatic rings. The highest BCUT2D eigenvalue weighted by molar-refractivity contribution is 7.86. The van der Waals surface area contributed by atoms with E-state index in [1.807, 2.05) is 0 Å². The molecule has 100 valence electrons. The molecule has 1 rings (SSSR count).